The van der Waals surface area contributed by atoms with Gasteiger partial charge in [-0.3, -0.25) is 9.69 Å². The number of aryl methyl sites for hydroxylation is 2. The first-order valence-corrected chi connectivity index (χ1v) is 10.3. The Labute approximate surface area is 163 Å². The highest BCUT2D eigenvalue weighted by Gasteiger charge is 2.27. The molecular formula is C24H32N2O. The number of hydrogen-bond acceptors (Lipinski definition) is 2. The molecule has 1 fully saturated rings. The number of nitrogens with one attached hydrogen (secondary N) is 1. The van der Waals surface area contributed by atoms with E-state index in [4.69, 9.17) is 0 Å². The molecule has 1 aliphatic rings. The van der Waals surface area contributed by atoms with Gasteiger partial charge in [-0.05, 0) is 62.9 Å². The topological polar surface area (TPSA) is 32.3 Å². The van der Waals surface area contributed by atoms with Gasteiger partial charge < -0.3 is 5.32 Å². The Kier molecular flexibility index (Phi) is 7.05. The number of benzene rings is 2. The molecule has 0 radical (unpaired) electrons. The summed E-state index contributed by atoms with van der Waals surface area (Å²) >= 11 is 0. The van der Waals surface area contributed by atoms with E-state index in [1.807, 2.05) is 12.1 Å². The molecule has 0 unspecified atom stereocenters. The maximum absolute atomic E-state index is 13.4. The number of carbonyl (C=O) groups is 1. The molecule has 3 nitrogen and oxygen atoms in total. The number of amides is 1. The minimum absolute atomic E-state index is 0.121. The van der Waals surface area contributed by atoms with Crippen LogP contribution in [-0.4, -0.2) is 29.9 Å². The van der Waals surface area contributed by atoms with E-state index in [9.17, 15) is 4.79 Å². The lowest BCUT2D eigenvalue weighted by Crippen LogP contribution is -2.47. The molecule has 27 heavy (non-hydrogen) atoms. The van der Waals surface area contributed by atoms with Crippen molar-refractivity contribution in [2.45, 2.75) is 58.4 Å². The van der Waals surface area contributed by atoms with E-state index in [0.717, 1.165) is 36.3 Å². The van der Waals surface area contributed by atoms with Crippen molar-refractivity contribution in [2.75, 3.05) is 18.4 Å². The van der Waals surface area contributed by atoms with Crippen LogP contribution in [0.3, 0.4) is 0 Å². The van der Waals surface area contributed by atoms with E-state index >= 15 is 0 Å². The van der Waals surface area contributed by atoms with Gasteiger partial charge >= 0.3 is 0 Å². The number of hydrogen-bond donors (Lipinski definition) is 1. The first kappa shape index (κ1) is 19.6. The largest absolute Gasteiger partial charge is 0.324 e. The summed E-state index contributed by atoms with van der Waals surface area (Å²) in [4.78, 5) is 15.8. The molecule has 3 rings (SSSR count). The van der Waals surface area contributed by atoms with Gasteiger partial charge in [0, 0.05) is 5.69 Å². The predicted octanol–water partition coefficient (Wildman–Crippen LogP) is 5.12. The van der Waals surface area contributed by atoms with Gasteiger partial charge in [0.1, 0.15) is 0 Å². The van der Waals surface area contributed by atoms with Crippen molar-refractivity contribution >= 4 is 11.6 Å². The molecule has 0 aliphatic carbocycles. The number of rotatable bonds is 5. The molecule has 0 saturated carbocycles. The summed E-state index contributed by atoms with van der Waals surface area (Å²) in [7, 11) is 0. The van der Waals surface area contributed by atoms with Crippen LogP contribution < -0.4 is 5.32 Å². The van der Waals surface area contributed by atoms with E-state index in [2.05, 4.69) is 60.5 Å². The zero-order valence-corrected chi connectivity index (χ0v) is 16.7. The van der Waals surface area contributed by atoms with Crippen LogP contribution in [0.25, 0.3) is 0 Å². The second-order valence-corrected chi connectivity index (χ2v) is 7.77. The zero-order chi connectivity index (χ0) is 19.1. The zero-order valence-electron chi connectivity index (χ0n) is 16.7. The van der Waals surface area contributed by atoms with Crippen LogP contribution in [0.15, 0.2) is 48.5 Å². The van der Waals surface area contributed by atoms with Gasteiger partial charge in [-0.25, -0.2) is 0 Å². The summed E-state index contributed by atoms with van der Waals surface area (Å²) < 4.78 is 0. The Morgan fingerprint density at radius 3 is 2.11 bits per heavy atom. The number of anilines is 1. The van der Waals surface area contributed by atoms with Gasteiger partial charge in [-0.15, -0.1) is 0 Å². The average Bonchev–Trinajstić information content (AvgIpc) is 2.64. The summed E-state index contributed by atoms with van der Waals surface area (Å²) in [5.41, 5.74) is 4.43. The SMILES string of the molecule is Cc1cccc(C)c1NC(=O)[C@H](Cc1ccccc1)N1CCCCCCC1. The average molecular weight is 365 g/mol. The highest BCUT2D eigenvalue weighted by Crippen LogP contribution is 2.22. The van der Waals surface area contributed by atoms with Gasteiger partial charge in [-0.1, -0.05) is 67.8 Å². The highest BCUT2D eigenvalue weighted by molar-refractivity contribution is 5.96. The Hall–Kier alpha value is -2.13. The fraction of sp³-hybridized carbons (Fsp3) is 0.458. The Morgan fingerprint density at radius 2 is 1.48 bits per heavy atom. The molecule has 0 aromatic heterocycles. The normalized spacial score (nSPS) is 17.0. The van der Waals surface area contributed by atoms with Crippen LogP contribution in [0.2, 0.25) is 0 Å². The van der Waals surface area contributed by atoms with Gasteiger partial charge in [-0.2, -0.15) is 0 Å². The smallest absolute Gasteiger partial charge is 0.242 e. The first-order chi connectivity index (χ1) is 13.1. The van der Waals surface area contributed by atoms with Gasteiger partial charge in [0.25, 0.3) is 0 Å². The van der Waals surface area contributed by atoms with Crippen LogP contribution >= 0.6 is 0 Å². The number of carbonyl (C=O) groups excluding carboxylic acids is 1. The standard InChI is InChI=1S/C24H32N2O/c1-19-12-11-13-20(2)23(19)25-24(27)22(18-21-14-7-6-8-15-21)26-16-9-4-3-5-10-17-26/h6-8,11-15,22H,3-5,9-10,16-18H2,1-2H3,(H,25,27)/t22-/m0/s1. The van der Waals surface area contributed by atoms with Crippen LogP contribution in [0.4, 0.5) is 5.69 Å². The van der Waals surface area contributed by atoms with Gasteiger partial charge in [0.15, 0.2) is 0 Å². The second-order valence-electron chi connectivity index (χ2n) is 7.77. The van der Waals surface area contributed by atoms with Crippen molar-refractivity contribution < 1.29 is 4.79 Å². The lowest BCUT2D eigenvalue weighted by Gasteiger charge is -2.32. The molecule has 0 spiro atoms. The van der Waals surface area contributed by atoms with Crippen molar-refractivity contribution in [3.05, 3.63) is 65.2 Å². The van der Waals surface area contributed by atoms with Crippen molar-refractivity contribution in [3.8, 4) is 0 Å². The molecule has 2 aromatic carbocycles. The molecule has 1 aliphatic heterocycles. The lowest BCUT2D eigenvalue weighted by molar-refractivity contribution is -0.121. The third-order valence-corrected chi connectivity index (χ3v) is 5.64. The molecule has 1 saturated heterocycles. The van der Waals surface area contributed by atoms with E-state index in [1.165, 1.54) is 37.7 Å². The fourth-order valence-corrected chi connectivity index (χ4v) is 4.03. The fourth-order valence-electron chi connectivity index (χ4n) is 4.03. The summed E-state index contributed by atoms with van der Waals surface area (Å²) in [6.45, 7) is 6.14. The van der Waals surface area contributed by atoms with Crippen LogP contribution in [0.5, 0.6) is 0 Å². The van der Waals surface area contributed by atoms with Crippen molar-refractivity contribution in [3.63, 3.8) is 0 Å². The molecule has 1 N–H and O–H groups in total. The molecule has 0 bridgehead atoms. The molecular weight excluding hydrogens is 332 g/mol. The van der Waals surface area contributed by atoms with Crippen LogP contribution in [0, 0.1) is 13.8 Å². The summed E-state index contributed by atoms with van der Waals surface area (Å²) in [5.74, 6) is 0.122. The maximum atomic E-state index is 13.4. The lowest BCUT2D eigenvalue weighted by atomic mass is 10.0. The van der Waals surface area contributed by atoms with E-state index in [-0.39, 0.29) is 11.9 Å². The molecule has 2 aromatic rings. The molecule has 3 heteroatoms. The van der Waals surface area contributed by atoms with E-state index < -0.39 is 0 Å². The first-order valence-electron chi connectivity index (χ1n) is 10.3. The predicted molar refractivity (Wildman–Crippen MR) is 113 cm³/mol. The minimum atomic E-state index is -0.121. The molecule has 1 amide bonds. The molecule has 144 valence electrons. The summed E-state index contributed by atoms with van der Waals surface area (Å²) in [6.07, 6.45) is 6.99. The van der Waals surface area contributed by atoms with Crippen molar-refractivity contribution in [1.29, 1.82) is 0 Å². The number of para-hydroxylation sites is 1. The van der Waals surface area contributed by atoms with Crippen LogP contribution in [-0.2, 0) is 11.2 Å². The van der Waals surface area contributed by atoms with Crippen LogP contribution in [0.1, 0.15) is 48.8 Å². The minimum Gasteiger partial charge on any atom is -0.324 e. The molecule has 1 heterocycles. The van der Waals surface area contributed by atoms with E-state index in [0.29, 0.717) is 0 Å². The summed E-state index contributed by atoms with van der Waals surface area (Å²) in [6, 6.07) is 16.4. The summed E-state index contributed by atoms with van der Waals surface area (Å²) in [5, 5.41) is 3.25. The maximum Gasteiger partial charge on any atom is 0.242 e. The highest BCUT2D eigenvalue weighted by atomic mass is 16.2. The molecule has 1 atom stereocenters. The third kappa shape index (κ3) is 5.43. The Morgan fingerprint density at radius 1 is 0.889 bits per heavy atom. The second kappa shape index (κ2) is 9.70. The van der Waals surface area contributed by atoms with Gasteiger partial charge in [0.05, 0.1) is 6.04 Å². The number of likely N-dealkylation sites (tertiary alicyclic amines) is 1. The van der Waals surface area contributed by atoms with Crippen molar-refractivity contribution in [1.82, 2.24) is 4.90 Å². The van der Waals surface area contributed by atoms with E-state index in [1.54, 1.807) is 0 Å². The number of nitrogens with zero attached hydrogens (tertiary/aromatic N) is 1. The Bertz CT molecular complexity index is 713. The Balaban J connectivity index is 1.82. The monoisotopic (exact) mass is 364 g/mol. The quantitative estimate of drug-likeness (QED) is 0.799. The van der Waals surface area contributed by atoms with Crippen molar-refractivity contribution in [2.24, 2.45) is 0 Å². The third-order valence-electron chi connectivity index (χ3n) is 5.64. The van der Waals surface area contributed by atoms with Gasteiger partial charge in [0.2, 0.25) is 5.91 Å².